The van der Waals surface area contributed by atoms with Crippen molar-refractivity contribution in [2.24, 2.45) is 0 Å². The fourth-order valence-electron chi connectivity index (χ4n) is 2.17. The number of nitrogens with zero attached hydrogens (tertiary/aromatic N) is 2. The third kappa shape index (κ3) is 4.21. The van der Waals surface area contributed by atoms with E-state index < -0.39 is 0 Å². The first-order chi connectivity index (χ1) is 8.29. The molecule has 0 atom stereocenters. The molecule has 0 spiro atoms. The van der Waals surface area contributed by atoms with Crippen molar-refractivity contribution in [3.63, 3.8) is 0 Å². The van der Waals surface area contributed by atoms with Crippen molar-refractivity contribution in [1.82, 2.24) is 9.80 Å². The van der Waals surface area contributed by atoms with Gasteiger partial charge in [-0.05, 0) is 46.9 Å². The molecule has 1 aliphatic heterocycles. The molecular weight excluding hydrogens is 320 g/mol. The summed E-state index contributed by atoms with van der Waals surface area (Å²) in [7, 11) is 0. The van der Waals surface area contributed by atoms with Gasteiger partial charge in [0.25, 0.3) is 0 Å². The molecular formula is C12H18BrClN2S. The molecule has 1 aliphatic rings. The minimum absolute atomic E-state index is 0.747. The van der Waals surface area contributed by atoms with Crippen LogP contribution in [0.15, 0.2) is 15.9 Å². The molecule has 0 amide bonds. The standard InChI is InChI=1S/C12H18BrClN2S/c13-11-2-9-17-12(11)10-16-5-1-4-15(6-3-14)7-8-16/h2,9H,1,3-8,10H2. The summed E-state index contributed by atoms with van der Waals surface area (Å²) in [5.74, 6) is 0.747. The zero-order valence-electron chi connectivity index (χ0n) is 9.87. The Bertz CT molecular complexity index is 345. The minimum atomic E-state index is 0.747. The molecule has 1 saturated heterocycles. The Morgan fingerprint density at radius 3 is 2.71 bits per heavy atom. The van der Waals surface area contributed by atoms with Crippen molar-refractivity contribution < 1.29 is 0 Å². The van der Waals surface area contributed by atoms with Crippen LogP contribution in [0, 0.1) is 0 Å². The monoisotopic (exact) mass is 336 g/mol. The highest BCUT2D eigenvalue weighted by Crippen LogP contribution is 2.24. The molecule has 2 heterocycles. The van der Waals surface area contributed by atoms with Crippen molar-refractivity contribution in [1.29, 1.82) is 0 Å². The highest BCUT2D eigenvalue weighted by molar-refractivity contribution is 9.10. The lowest BCUT2D eigenvalue weighted by molar-refractivity contribution is 0.259. The van der Waals surface area contributed by atoms with Gasteiger partial charge in [0.2, 0.25) is 0 Å². The fraction of sp³-hybridized carbons (Fsp3) is 0.667. The largest absolute Gasteiger partial charge is 0.301 e. The molecule has 96 valence electrons. The van der Waals surface area contributed by atoms with Crippen LogP contribution in [0.2, 0.25) is 0 Å². The molecule has 0 radical (unpaired) electrons. The molecule has 0 unspecified atom stereocenters. The number of hydrogen-bond donors (Lipinski definition) is 0. The van der Waals surface area contributed by atoms with E-state index in [1.165, 1.54) is 28.9 Å². The summed E-state index contributed by atoms with van der Waals surface area (Å²) in [5, 5.41) is 2.15. The molecule has 2 rings (SSSR count). The van der Waals surface area contributed by atoms with Gasteiger partial charge >= 0.3 is 0 Å². The Morgan fingerprint density at radius 2 is 2.00 bits per heavy atom. The Morgan fingerprint density at radius 1 is 1.24 bits per heavy atom. The van der Waals surface area contributed by atoms with Crippen LogP contribution >= 0.6 is 38.9 Å². The van der Waals surface area contributed by atoms with Crippen molar-refractivity contribution in [2.75, 3.05) is 38.6 Å². The average molecular weight is 338 g/mol. The van der Waals surface area contributed by atoms with Gasteiger partial charge < -0.3 is 4.90 Å². The molecule has 5 heteroatoms. The molecule has 0 N–H and O–H groups in total. The third-order valence-corrected chi connectivity index (χ3v) is 5.22. The van der Waals surface area contributed by atoms with E-state index in [4.69, 9.17) is 11.6 Å². The molecule has 1 aromatic rings. The van der Waals surface area contributed by atoms with Gasteiger partial charge in [0, 0.05) is 41.4 Å². The number of hydrogen-bond acceptors (Lipinski definition) is 3. The first kappa shape index (κ1) is 13.8. The van der Waals surface area contributed by atoms with Crippen LogP contribution in [0.4, 0.5) is 0 Å². The highest BCUT2D eigenvalue weighted by atomic mass is 79.9. The quantitative estimate of drug-likeness (QED) is 0.778. The summed E-state index contributed by atoms with van der Waals surface area (Å²) in [6.07, 6.45) is 1.25. The van der Waals surface area contributed by atoms with Gasteiger partial charge in [-0.25, -0.2) is 0 Å². The lowest BCUT2D eigenvalue weighted by Gasteiger charge is -2.20. The Labute approximate surface area is 121 Å². The van der Waals surface area contributed by atoms with Crippen LogP contribution in [0.3, 0.4) is 0 Å². The Hall–Kier alpha value is 0.390. The average Bonchev–Trinajstić information content (AvgIpc) is 2.59. The molecule has 0 saturated carbocycles. The summed E-state index contributed by atoms with van der Waals surface area (Å²) in [6.45, 7) is 6.79. The predicted octanol–water partition coefficient (Wildman–Crippen LogP) is 3.26. The van der Waals surface area contributed by atoms with Gasteiger partial charge in [0.05, 0.1) is 0 Å². The summed E-state index contributed by atoms with van der Waals surface area (Å²) < 4.78 is 1.25. The van der Waals surface area contributed by atoms with Crippen LogP contribution in [0.25, 0.3) is 0 Å². The van der Waals surface area contributed by atoms with Gasteiger partial charge in [-0.3, -0.25) is 4.90 Å². The van der Waals surface area contributed by atoms with Gasteiger partial charge in [-0.1, -0.05) is 0 Å². The summed E-state index contributed by atoms with van der Waals surface area (Å²) >= 11 is 11.2. The molecule has 1 fully saturated rings. The van der Waals surface area contributed by atoms with Gasteiger partial charge in [0.15, 0.2) is 0 Å². The molecule has 1 aromatic heterocycles. The zero-order chi connectivity index (χ0) is 12.1. The molecule has 2 nitrogen and oxygen atoms in total. The van der Waals surface area contributed by atoms with Crippen molar-refractivity contribution >= 4 is 38.9 Å². The van der Waals surface area contributed by atoms with E-state index in [2.05, 4.69) is 37.2 Å². The summed E-state index contributed by atoms with van der Waals surface area (Å²) in [5.41, 5.74) is 0. The first-order valence-corrected chi connectivity index (χ1v) is 8.23. The van der Waals surface area contributed by atoms with E-state index in [1.54, 1.807) is 0 Å². The second-order valence-corrected chi connectivity index (χ2v) is 6.59. The van der Waals surface area contributed by atoms with E-state index >= 15 is 0 Å². The smallest absolute Gasteiger partial charge is 0.0351 e. The van der Waals surface area contributed by atoms with E-state index in [9.17, 15) is 0 Å². The van der Waals surface area contributed by atoms with Crippen LogP contribution in [0.1, 0.15) is 11.3 Å². The van der Waals surface area contributed by atoms with Crippen LogP contribution < -0.4 is 0 Å². The van der Waals surface area contributed by atoms with E-state index in [0.717, 1.165) is 32.1 Å². The maximum atomic E-state index is 5.80. The Kier molecular flexibility index (Phi) is 5.77. The topological polar surface area (TPSA) is 6.48 Å². The normalized spacial score (nSPS) is 19.4. The minimum Gasteiger partial charge on any atom is -0.301 e. The first-order valence-electron chi connectivity index (χ1n) is 6.02. The zero-order valence-corrected chi connectivity index (χ0v) is 13.0. The predicted molar refractivity (Wildman–Crippen MR) is 79.1 cm³/mol. The summed E-state index contributed by atoms with van der Waals surface area (Å²) in [4.78, 5) is 6.46. The second kappa shape index (κ2) is 7.10. The highest BCUT2D eigenvalue weighted by Gasteiger charge is 2.15. The lowest BCUT2D eigenvalue weighted by Crippen LogP contribution is -2.31. The third-order valence-electron chi connectivity index (χ3n) is 3.14. The number of halogens is 2. The van der Waals surface area contributed by atoms with Gasteiger partial charge in [-0.15, -0.1) is 22.9 Å². The molecule has 0 bridgehead atoms. The van der Waals surface area contributed by atoms with E-state index in [-0.39, 0.29) is 0 Å². The van der Waals surface area contributed by atoms with Crippen molar-refractivity contribution in [2.45, 2.75) is 13.0 Å². The molecule has 0 aromatic carbocycles. The van der Waals surface area contributed by atoms with E-state index in [0.29, 0.717) is 0 Å². The van der Waals surface area contributed by atoms with Crippen molar-refractivity contribution in [3.8, 4) is 0 Å². The van der Waals surface area contributed by atoms with Gasteiger partial charge in [0.1, 0.15) is 0 Å². The SMILES string of the molecule is ClCCN1CCCN(Cc2sccc2Br)CC1. The summed E-state index contributed by atoms with van der Waals surface area (Å²) in [6, 6.07) is 2.14. The number of alkyl halides is 1. The second-order valence-electron chi connectivity index (χ2n) is 4.35. The fourth-order valence-corrected chi connectivity index (χ4v) is 3.92. The lowest BCUT2D eigenvalue weighted by atomic mass is 10.3. The number of rotatable bonds is 4. The molecule has 17 heavy (non-hydrogen) atoms. The van der Waals surface area contributed by atoms with Crippen LogP contribution in [-0.4, -0.2) is 48.4 Å². The maximum Gasteiger partial charge on any atom is 0.0351 e. The number of thiophene rings is 1. The van der Waals surface area contributed by atoms with Crippen LogP contribution in [0.5, 0.6) is 0 Å². The van der Waals surface area contributed by atoms with E-state index in [1.807, 2.05) is 11.3 Å². The Balaban J connectivity index is 1.85. The van der Waals surface area contributed by atoms with Crippen LogP contribution in [-0.2, 0) is 6.54 Å². The molecule has 0 aliphatic carbocycles. The maximum absolute atomic E-state index is 5.80. The van der Waals surface area contributed by atoms with Crippen molar-refractivity contribution in [3.05, 3.63) is 20.8 Å². The van der Waals surface area contributed by atoms with Gasteiger partial charge in [-0.2, -0.15) is 0 Å².